The summed E-state index contributed by atoms with van der Waals surface area (Å²) < 4.78 is 6.21. The lowest BCUT2D eigenvalue weighted by molar-refractivity contribution is 0.450. The Morgan fingerprint density at radius 1 is 0.905 bits per heavy atom. The minimum atomic E-state index is 0.0383. The number of rotatable bonds is 3. The van der Waals surface area contributed by atoms with Crippen LogP contribution in [0.4, 0.5) is 0 Å². The zero-order valence-corrected chi connectivity index (χ0v) is 13.7. The van der Waals surface area contributed by atoms with Crippen molar-refractivity contribution in [1.29, 1.82) is 0 Å². The Kier molecular flexibility index (Phi) is 4.38. The molecule has 0 heterocycles. The van der Waals surface area contributed by atoms with Crippen LogP contribution in [0.5, 0.6) is 11.5 Å². The van der Waals surface area contributed by atoms with Gasteiger partial charge in [0, 0.05) is 17.7 Å². The van der Waals surface area contributed by atoms with E-state index in [9.17, 15) is 0 Å². The lowest BCUT2D eigenvalue weighted by Crippen LogP contribution is -2.13. The van der Waals surface area contributed by atoms with Crippen LogP contribution in [-0.4, -0.2) is 0 Å². The molecule has 0 aromatic heterocycles. The van der Waals surface area contributed by atoms with E-state index in [-0.39, 0.29) is 5.41 Å². The molecule has 2 heteroatoms. The fraction of sp³-hybridized carbons (Fsp3) is 0.368. The van der Waals surface area contributed by atoms with Crippen LogP contribution in [0.25, 0.3) is 0 Å². The number of hydrogen-bond acceptors (Lipinski definition) is 2. The third-order valence-corrected chi connectivity index (χ3v) is 3.60. The maximum Gasteiger partial charge on any atom is 0.131 e. The Hall–Kier alpha value is -1.80. The second kappa shape index (κ2) is 5.90. The quantitative estimate of drug-likeness (QED) is 0.873. The Labute approximate surface area is 127 Å². The van der Waals surface area contributed by atoms with Crippen LogP contribution in [0.3, 0.4) is 0 Å². The van der Waals surface area contributed by atoms with Crippen molar-refractivity contribution in [2.75, 3.05) is 0 Å². The Morgan fingerprint density at radius 3 is 2.14 bits per heavy atom. The fourth-order valence-corrected chi connectivity index (χ4v) is 2.42. The fourth-order valence-electron chi connectivity index (χ4n) is 2.42. The van der Waals surface area contributed by atoms with Crippen molar-refractivity contribution in [1.82, 2.24) is 0 Å². The number of benzene rings is 2. The maximum absolute atomic E-state index is 6.21. The van der Waals surface area contributed by atoms with E-state index in [1.165, 1.54) is 16.7 Å². The number of nitrogens with two attached hydrogens (primary N) is 1. The summed E-state index contributed by atoms with van der Waals surface area (Å²) in [4.78, 5) is 0. The van der Waals surface area contributed by atoms with Gasteiger partial charge >= 0.3 is 0 Å². The van der Waals surface area contributed by atoms with Crippen molar-refractivity contribution in [3.05, 3.63) is 58.7 Å². The van der Waals surface area contributed by atoms with Crippen molar-refractivity contribution in [3.8, 4) is 11.5 Å². The molecule has 0 aliphatic rings. The molecule has 2 rings (SSSR count). The first kappa shape index (κ1) is 15.6. The SMILES string of the molecule is Cc1ccc(Oc2cc(C)ccc2C(C)(C)C)c(CN)c1. The average molecular weight is 283 g/mol. The third-order valence-electron chi connectivity index (χ3n) is 3.60. The first-order chi connectivity index (χ1) is 9.81. The maximum atomic E-state index is 6.21. The van der Waals surface area contributed by atoms with E-state index in [0.29, 0.717) is 6.54 Å². The van der Waals surface area contributed by atoms with Gasteiger partial charge in [-0.15, -0.1) is 0 Å². The van der Waals surface area contributed by atoms with Gasteiger partial charge in [0.1, 0.15) is 11.5 Å². The molecule has 0 fully saturated rings. The predicted molar refractivity (Wildman–Crippen MR) is 89.0 cm³/mol. The molecule has 0 spiro atoms. The first-order valence-corrected chi connectivity index (χ1v) is 7.40. The van der Waals surface area contributed by atoms with Gasteiger partial charge in [0.2, 0.25) is 0 Å². The second-order valence-electron chi connectivity index (χ2n) is 6.67. The van der Waals surface area contributed by atoms with Crippen LogP contribution in [0, 0.1) is 13.8 Å². The molecule has 0 saturated carbocycles. The Morgan fingerprint density at radius 2 is 1.52 bits per heavy atom. The lowest BCUT2D eigenvalue weighted by Gasteiger charge is -2.23. The minimum absolute atomic E-state index is 0.0383. The molecular weight excluding hydrogens is 258 g/mol. The molecule has 0 saturated heterocycles. The predicted octanol–water partition coefficient (Wildman–Crippen LogP) is 4.85. The molecule has 0 unspecified atom stereocenters. The smallest absolute Gasteiger partial charge is 0.131 e. The van der Waals surface area contributed by atoms with E-state index >= 15 is 0 Å². The summed E-state index contributed by atoms with van der Waals surface area (Å²) in [6.07, 6.45) is 0. The van der Waals surface area contributed by atoms with Crippen molar-refractivity contribution in [3.63, 3.8) is 0 Å². The molecule has 2 nitrogen and oxygen atoms in total. The molecule has 0 amide bonds. The molecule has 0 bridgehead atoms. The van der Waals surface area contributed by atoms with Gasteiger partial charge in [-0.25, -0.2) is 0 Å². The van der Waals surface area contributed by atoms with Crippen molar-refractivity contribution < 1.29 is 4.74 Å². The number of ether oxygens (including phenoxy) is 1. The van der Waals surface area contributed by atoms with Crippen molar-refractivity contribution in [2.45, 2.75) is 46.6 Å². The summed E-state index contributed by atoms with van der Waals surface area (Å²) in [5, 5.41) is 0. The van der Waals surface area contributed by atoms with Crippen LogP contribution in [0.1, 0.15) is 43.0 Å². The molecule has 2 aromatic rings. The summed E-state index contributed by atoms with van der Waals surface area (Å²) in [5.74, 6) is 1.76. The van der Waals surface area contributed by atoms with Gasteiger partial charge in [-0.3, -0.25) is 0 Å². The Bertz CT molecular complexity index is 638. The van der Waals surface area contributed by atoms with Crippen LogP contribution in [0.15, 0.2) is 36.4 Å². The van der Waals surface area contributed by atoms with E-state index in [1.807, 2.05) is 6.07 Å². The molecule has 2 aromatic carbocycles. The zero-order chi connectivity index (χ0) is 15.6. The molecule has 0 atom stereocenters. The Balaban J connectivity index is 2.46. The molecule has 21 heavy (non-hydrogen) atoms. The molecular formula is C19H25NO. The molecule has 0 radical (unpaired) electrons. The van der Waals surface area contributed by atoms with Crippen LogP contribution in [0.2, 0.25) is 0 Å². The summed E-state index contributed by atoms with van der Waals surface area (Å²) in [7, 11) is 0. The lowest BCUT2D eigenvalue weighted by atomic mass is 9.86. The standard InChI is InChI=1S/C19H25NO/c1-13-7-9-17(15(10-13)12-20)21-18-11-14(2)6-8-16(18)19(3,4)5/h6-11H,12,20H2,1-5H3. The highest BCUT2D eigenvalue weighted by atomic mass is 16.5. The van der Waals surface area contributed by atoms with E-state index in [2.05, 4.69) is 65.0 Å². The summed E-state index contributed by atoms with van der Waals surface area (Å²) in [6.45, 7) is 11.2. The normalized spacial score (nSPS) is 11.5. The summed E-state index contributed by atoms with van der Waals surface area (Å²) in [5.41, 5.74) is 10.5. The van der Waals surface area contributed by atoms with Gasteiger partial charge in [0.05, 0.1) is 0 Å². The van der Waals surface area contributed by atoms with Gasteiger partial charge in [-0.05, 0) is 37.0 Å². The topological polar surface area (TPSA) is 35.2 Å². The summed E-state index contributed by atoms with van der Waals surface area (Å²) in [6, 6.07) is 12.5. The highest BCUT2D eigenvalue weighted by molar-refractivity contribution is 5.46. The molecule has 0 aliphatic carbocycles. The van der Waals surface area contributed by atoms with E-state index in [4.69, 9.17) is 10.5 Å². The highest BCUT2D eigenvalue weighted by Crippen LogP contribution is 2.36. The largest absolute Gasteiger partial charge is 0.457 e. The van der Waals surface area contributed by atoms with Crippen molar-refractivity contribution >= 4 is 0 Å². The van der Waals surface area contributed by atoms with Gasteiger partial charge in [-0.1, -0.05) is 50.6 Å². The van der Waals surface area contributed by atoms with Gasteiger partial charge < -0.3 is 10.5 Å². The van der Waals surface area contributed by atoms with Crippen molar-refractivity contribution in [2.24, 2.45) is 5.73 Å². The average Bonchev–Trinajstić information content (AvgIpc) is 2.39. The zero-order valence-electron chi connectivity index (χ0n) is 13.7. The third kappa shape index (κ3) is 3.64. The first-order valence-electron chi connectivity index (χ1n) is 7.40. The second-order valence-corrected chi connectivity index (χ2v) is 6.67. The minimum Gasteiger partial charge on any atom is -0.457 e. The molecule has 112 valence electrons. The van der Waals surface area contributed by atoms with E-state index in [0.717, 1.165) is 17.1 Å². The van der Waals surface area contributed by atoms with Crippen LogP contribution >= 0.6 is 0 Å². The van der Waals surface area contributed by atoms with Crippen LogP contribution in [-0.2, 0) is 12.0 Å². The van der Waals surface area contributed by atoms with Gasteiger partial charge in [-0.2, -0.15) is 0 Å². The molecule has 2 N–H and O–H groups in total. The van der Waals surface area contributed by atoms with Gasteiger partial charge in [0.25, 0.3) is 0 Å². The van der Waals surface area contributed by atoms with E-state index in [1.54, 1.807) is 0 Å². The summed E-state index contributed by atoms with van der Waals surface area (Å²) >= 11 is 0. The van der Waals surface area contributed by atoms with E-state index < -0.39 is 0 Å². The monoisotopic (exact) mass is 283 g/mol. The molecule has 0 aliphatic heterocycles. The highest BCUT2D eigenvalue weighted by Gasteiger charge is 2.20. The number of aryl methyl sites for hydroxylation is 2. The number of hydrogen-bond donors (Lipinski definition) is 1. The van der Waals surface area contributed by atoms with Crippen LogP contribution < -0.4 is 10.5 Å². The van der Waals surface area contributed by atoms with Gasteiger partial charge in [0.15, 0.2) is 0 Å².